The monoisotopic (exact) mass is 809 g/mol. The average Bonchev–Trinajstić information content (AvgIpc) is 3.79. The Kier molecular flexibility index (Phi) is 12.7. The summed E-state index contributed by atoms with van der Waals surface area (Å²) in [7, 11) is 0. The number of nitrogens with one attached hydrogen (secondary N) is 1. The Morgan fingerprint density at radius 3 is 2.38 bits per heavy atom. The zero-order valence-electron chi connectivity index (χ0n) is 34.8. The van der Waals surface area contributed by atoms with Crippen LogP contribution in [0.1, 0.15) is 96.7 Å². The summed E-state index contributed by atoms with van der Waals surface area (Å²) < 4.78 is 25.1. The van der Waals surface area contributed by atoms with Crippen LogP contribution in [-0.2, 0) is 29.0 Å². The van der Waals surface area contributed by atoms with Crippen LogP contribution in [-0.4, -0.2) is 52.2 Å². The largest absolute Gasteiger partial charge is 0.494 e. The highest BCUT2D eigenvalue weighted by Gasteiger charge is 2.39. The van der Waals surface area contributed by atoms with Gasteiger partial charge in [-0.3, -0.25) is 14.7 Å². The van der Waals surface area contributed by atoms with Crippen molar-refractivity contribution in [3.05, 3.63) is 142 Å². The Bertz CT molecular complexity index is 2260. The summed E-state index contributed by atoms with van der Waals surface area (Å²) >= 11 is 0. The van der Waals surface area contributed by atoms with Crippen molar-refractivity contribution in [2.45, 2.75) is 103 Å². The van der Waals surface area contributed by atoms with Gasteiger partial charge in [0.15, 0.2) is 17.6 Å². The molecule has 3 aliphatic rings. The van der Waals surface area contributed by atoms with Crippen molar-refractivity contribution < 1.29 is 33.6 Å². The predicted molar refractivity (Wildman–Crippen MR) is 230 cm³/mol. The van der Waals surface area contributed by atoms with Gasteiger partial charge >= 0.3 is 5.97 Å². The first-order chi connectivity index (χ1) is 29.2. The number of ether oxygens (including phenoxy) is 4. The maximum absolute atomic E-state index is 14.4. The maximum Gasteiger partial charge on any atom is 0.326 e. The van der Waals surface area contributed by atoms with E-state index in [1.165, 1.54) is 25.7 Å². The van der Waals surface area contributed by atoms with Crippen LogP contribution in [0.25, 0.3) is 0 Å². The summed E-state index contributed by atoms with van der Waals surface area (Å²) in [5, 5.41) is 13.3. The number of hydrogen-bond donors (Lipinski definition) is 2. The highest BCUT2D eigenvalue weighted by Crippen LogP contribution is 2.43. The summed E-state index contributed by atoms with van der Waals surface area (Å²) in [5.74, 6) is 2.89. The van der Waals surface area contributed by atoms with E-state index in [4.69, 9.17) is 18.9 Å². The first kappa shape index (κ1) is 40.9. The SMILES string of the molecule is CC[C@@H](c1ccccc1)N1Cc2cc3c(cc2C[C@H]1C(=O)N[C@@H](Cc1ccc(Oc2ccnc(C)c2C)cc1)C(=O)O)OC[C@H](c1ccc(OCCC2CCCC2)cc1)O3. The van der Waals surface area contributed by atoms with Crippen LogP contribution in [0.4, 0.5) is 0 Å². The number of rotatable bonds is 15. The number of aromatic nitrogens is 1. The lowest BCUT2D eigenvalue weighted by Crippen LogP contribution is -2.55. The molecule has 3 heterocycles. The third-order valence-electron chi connectivity index (χ3n) is 12.5. The molecular weight excluding hydrogens is 755 g/mol. The molecule has 8 rings (SSSR count). The van der Waals surface area contributed by atoms with E-state index in [9.17, 15) is 14.7 Å². The lowest BCUT2D eigenvalue weighted by Gasteiger charge is -2.42. The van der Waals surface area contributed by atoms with Gasteiger partial charge < -0.3 is 29.4 Å². The Morgan fingerprint density at radius 1 is 0.917 bits per heavy atom. The molecule has 0 radical (unpaired) electrons. The van der Waals surface area contributed by atoms with Gasteiger partial charge in [-0.2, -0.15) is 0 Å². The van der Waals surface area contributed by atoms with E-state index < -0.39 is 18.1 Å². The second-order valence-corrected chi connectivity index (χ2v) is 16.4. The predicted octanol–water partition coefficient (Wildman–Crippen LogP) is 9.65. The number of aliphatic carboxylic acids is 1. The fraction of sp³-hybridized carbons (Fsp3) is 0.380. The van der Waals surface area contributed by atoms with Crippen molar-refractivity contribution in [1.29, 1.82) is 0 Å². The van der Waals surface area contributed by atoms with Crippen LogP contribution in [0.3, 0.4) is 0 Å². The number of nitrogens with zero attached hydrogens (tertiary/aromatic N) is 2. The van der Waals surface area contributed by atoms with E-state index >= 15 is 0 Å². The standard InChI is InChI=1S/C50H55N3O7/c1-4-43(36-12-6-5-7-13-36)53-30-39-29-47-46(58-31-48(60-47)37-16-20-40(21-17-37)57-25-23-34-10-8-9-11-34)28-38(39)27-44(53)49(54)52-42(50(55)56)26-35-14-18-41(19-15-35)59-45-22-24-51-33(3)32(45)2/h5-7,12-22,24,28-29,34,42-44,48H,4,8-11,23,25-27,30-31H2,1-3H3,(H,52,54)(H,55,56)/t42-,43-,44-,48+/m0/s1. The number of fused-ring (bicyclic) bond motifs is 2. The van der Waals surface area contributed by atoms with Gasteiger partial charge in [-0.25, -0.2) is 4.79 Å². The first-order valence-corrected chi connectivity index (χ1v) is 21.4. The Morgan fingerprint density at radius 2 is 1.65 bits per heavy atom. The van der Waals surface area contributed by atoms with Crippen molar-refractivity contribution in [1.82, 2.24) is 15.2 Å². The van der Waals surface area contributed by atoms with Crippen molar-refractivity contribution in [2.75, 3.05) is 13.2 Å². The third-order valence-corrected chi connectivity index (χ3v) is 12.5. The maximum atomic E-state index is 14.4. The quantitative estimate of drug-likeness (QED) is 0.107. The molecule has 5 aromatic rings. The van der Waals surface area contributed by atoms with Gasteiger partial charge in [-0.05, 0) is 109 Å². The molecule has 1 aliphatic carbocycles. The minimum Gasteiger partial charge on any atom is -0.494 e. The Hall–Kier alpha value is -5.87. The number of amides is 1. The van der Waals surface area contributed by atoms with E-state index in [0.717, 1.165) is 70.2 Å². The van der Waals surface area contributed by atoms with Crippen LogP contribution in [0, 0.1) is 19.8 Å². The van der Waals surface area contributed by atoms with E-state index in [0.29, 0.717) is 42.6 Å². The molecule has 4 atom stereocenters. The fourth-order valence-corrected chi connectivity index (χ4v) is 8.92. The molecule has 10 heteroatoms. The average molecular weight is 810 g/mol. The number of carbonyl (C=O) groups is 2. The molecule has 4 aromatic carbocycles. The summed E-state index contributed by atoms with van der Waals surface area (Å²) in [4.78, 5) is 33.6. The van der Waals surface area contributed by atoms with Gasteiger partial charge in [0, 0.05) is 36.5 Å². The molecule has 312 valence electrons. The molecule has 10 nitrogen and oxygen atoms in total. The van der Waals surface area contributed by atoms with Crippen molar-refractivity contribution in [2.24, 2.45) is 5.92 Å². The molecule has 0 bridgehead atoms. The number of benzene rings is 4. The van der Waals surface area contributed by atoms with Gasteiger partial charge in [0.25, 0.3) is 0 Å². The van der Waals surface area contributed by atoms with Crippen LogP contribution in [0.5, 0.6) is 28.7 Å². The second-order valence-electron chi connectivity index (χ2n) is 16.4. The molecule has 60 heavy (non-hydrogen) atoms. The van der Waals surface area contributed by atoms with E-state index in [-0.39, 0.29) is 24.5 Å². The van der Waals surface area contributed by atoms with Crippen LogP contribution >= 0.6 is 0 Å². The minimum atomic E-state index is -1.14. The molecule has 1 fully saturated rings. The molecule has 2 N–H and O–H groups in total. The molecule has 1 aromatic heterocycles. The molecule has 0 unspecified atom stereocenters. The fourth-order valence-electron chi connectivity index (χ4n) is 8.92. The van der Waals surface area contributed by atoms with Gasteiger partial charge in [0.1, 0.15) is 29.9 Å². The number of aryl methyl sites for hydroxylation is 1. The summed E-state index contributed by atoms with van der Waals surface area (Å²) in [5.41, 5.74) is 6.75. The lowest BCUT2D eigenvalue weighted by molar-refractivity contribution is -0.143. The lowest BCUT2D eigenvalue weighted by atomic mass is 9.89. The zero-order chi connectivity index (χ0) is 41.6. The summed E-state index contributed by atoms with van der Waals surface area (Å²) in [6, 6.07) is 29.7. The molecular formula is C50H55N3O7. The molecule has 1 amide bonds. The second kappa shape index (κ2) is 18.6. The first-order valence-electron chi connectivity index (χ1n) is 21.4. The summed E-state index contributed by atoms with van der Waals surface area (Å²) in [6.07, 6.45) is 9.13. The zero-order valence-corrected chi connectivity index (χ0v) is 34.8. The number of carboxylic acid groups (broad SMARTS) is 1. The summed E-state index contributed by atoms with van der Waals surface area (Å²) in [6.45, 7) is 7.58. The minimum absolute atomic E-state index is 0.0846. The number of hydrogen-bond acceptors (Lipinski definition) is 8. The van der Waals surface area contributed by atoms with Crippen LogP contribution in [0.15, 0.2) is 103 Å². The highest BCUT2D eigenvalue weighted by atomic mass is 16.6. The molecule has 1 saturated carbocycles. The topological polar surface area (TPSA) is 119 Å². The Balaban J connectivity index is 0.973. The van der Waals surface area contributed by atoms with E-state index in [2.05, 4.69) is 52.5 Å². The molecule has 0 spiro atoms. The normalized spacial score (nSPS) is 18.6. The van der Waals surface area contributed by atoms with Crippen molar-refractivity contribution in [3.63, 3.8) is 0 Å². The van der Waals surface area contributed by atoms with Crippen molar-refractivity contribution in [3.8, 4) is 28.7 Å². The number of pyridine rings is 1. The van der Waals surface area contributed by atoms with Gasteiger partial charge in [0.2, 0.25) is 5.91 Å². The molecule has 2 aliphatic heterocycles. The van der Waals surface area contributed by atoms with Crippen LogP contribution < -0.4 is 24.3 Å². The van der Waals surface area contributed by atoms with Gasteiger partial charge in [-0.1, -0.05) is 87.2 Å². The van der Waals surface area contributed by atoms with E-state index in [1.807, 2.05) is 80.6 Å². The smallest absolute Gasteiger partial charge is 0.326 e. The highest BCUT2D eigenvalue weighted by molar-refractivity contribution is 5.87. The number of carboxylic acids is 1. The Labute approximate surface area is 352 Å². The van der Waals surface area contributed by atoms with Gasteiger partial charge in [-0.15, -0.1) is 0 Å². The van der Waals surface area contributed by atoms with Crippen molar-refractivity contribution >= 4 is 11.9 Å². The van der Waals surface area contributed by atoms with Gasteiger partial charge in [0.05, 0.1) is 12.6 Å². The van der Waals surface area contributed by atoms with E-state index in [1.54, 1.807) is 6.20 Å². The van der Waals surface area contributed by atoms with Crippen LogP contribution in [0.2, 0.25) is 0 Å². The number of carbonyl (C=O) groups excluding carboxylic acids is 1. The molecule has 0 saturated heterocycles. The third kappa shape index (κ3) is 9.44.